The van der Waals surface area contributed by atoms with E-state index in [9.17, 15) is 28.8 Å². The van der Waals surface area contributed by atoms with Gasteiger partial charge in [0.15, 0.2) is 5.78 Å². The molecule has 3 aliphatic carbocycles. The number of urea groups is 1. The van der Waals surface area contributed by atoms with Gasteiger partial charge in [-0.3, -0.25) is 24.0 Å². The summed E-state index contributed by atoms with van der Waals surface area (Å²) in [6, 6.07) is 4.67. The minimum Gasteiger partial charge on any atom is -0.363 e. The van der Waals surface area contributed by atoms with Crippen LogP contribution in [0, 0.1) is 35.0 Å². The van der Waals surface area contributed by atoms with Crippen LogP contribution in [0.2, 0.25) is 0 Å². The third kappa shape index (κ3) is 6.77. The summed E-state index contributed by atoms with van der Waals surface area (Å²) in [5, 5.41) is 8.55. The molecule has 244 valence electrons. The van der Waals surface area contributed by atoms with Crippen LogP contribution in [0.3, 0.4) is 0 Å². The summed E-state index contributed by atoms with van der Waals surface area (Å²) >= 11 is 0. The van der Waals surface area contributed by atoms with Crippen LogP contribution >= 0.6 is 0 Å². The highest BCUT2D eigenvalue weighted by molar-refractivity contribution is 6.38. The van der Waals surface area contributed by atoms with Gasteiger partial charge in [0, 0.05) is 12.1 Å². The Morgan fingerprint density at radius 3 is 2.04 bits per heavy atom. The molecule has 0 bridgehead atoms. The Morgan fingerprint density at radius 1 is 0.844 bits per heavy atom. The maximum Gasteiger partial charge on any atom is 0.316 e. The lowest BCUT2D eigenvalue weighted by atomic mass is 9.83. The first kappa shape index (κ1) is 32.6. The average molecular weight is 622 g/mol. The number of Topliss-reactive ketones (excluding diaryl/α,β-unsaturated/α-hetero) is 2. The molecule has 45 heavy (non-hydrogen) atoms. The fourth-order valence-electron chi connectivity index (χ4n) is 7.70. The molecule has 5 N–H and O–H groups in total. The van der Waals surface area contributed by atoms with Gasteiger partial charge in [-0.05, 0) is 60.7 Å². The lowest BCUT2D eigenvalue weighted by Crippen LogP contribution is -2.61. The molecular weight excluding hydrogens is 574 g/mol. The highest BCUT2D eigenvalue weighted by atomic mass is 16.2. The molecule has 1 aromatic carbocycles. The van der Waals surface area contributed by atoms with E-state index in [4.69, 9.17) is 5.73 Å². The Morgan fingerprint density at radius 2 is 1.47 bits per heavy atom. The Labute approximate surface area is 264 Å². The van der Waals surface area contributed by atoms with Gasteiger partial charge in [0.25, 0.3) is 5.91 Å². The van der Waals surface area contributed by atoms with E-state index in [1.165, 1.54) is 0 Å². The summed E-state index contributed by atoms with van der Waals surface area (Å²) in [5.74, 6) is -3.40. The first-order valence-corrected chi connectivity index (χ1v) is 16.4. The maximum atomic E-state index is 14.4. The van der Waals surface area contributed by atoms with Crippen LogP contribution in [0.5, 0.6) is 0 Å². The first-order chi connectivity index (χ1) is 21.3. The van der Waals surface area contributed by atoms with Gasteiger partial charge in [-0.25, -0.2) is 4.79 Å². The fourth-order valence-corrected chi connectivity index (χ4v) is 7.70. The number of primary amides is 1. The van der Waals surface area contributed by atoms with E-state index in [1.807, 2.05) is 19.9 Å². The lowest BCUT2D eigenvalue weighted by Gasteiger charge is -2.37. The van der Waals surface area contributed by atoms with Gasteiger partial charge in [-0.1, -0.05) is 77.3 Å². The second-order valence-electron chi connectivity index (χ2n) is 14.4. The molecule has 1 heterocycles. The van der Waals surface area contributed by atoms with Crippen molar-refractivity contribution in [3.05, 3.63) is 35.9 Å². The van der Waals surface area contributed by atoms with Crippen LogP contribution in [0.1, 0.15) is 83.0 Å². The summed E-state index contributed by atoms with van der Waals surface area (Å²) in [5.41, 5.74) is 5.61. The molecule has 1 aromatic rings. The molecule has 4 aliphatic rings. The Balaban J connectivity index is 1.36. The number of ketones is 2. The number of amides is 5. The van der Waals surface area contributed by atoms with Gasteiger partial charge in [0.05, 0.1) is 6.04 Å². The van der Waals surface area contributed by atoms with Gasteiger partial charge in [-0.15, -0.1) is 0 Å². The summed E-state index contributed by atoms with van der Waals surface area (Å²) in [7, 11) is 0. The van der Waals surface area contributed by atoms with Crippen molar-refractivity contribution in [1.82, 2.24) is 20.9 Å². The molecule has 5 rings (SSSR count). The number of hydrogen-bond acceptors (Lipinski definition) is 6. The number of fused-ring (bicyclic) bond motifs is 1. The van der Waals surface area contributed by atoms with Crippen molar-refractivity contribution in [3.8, 4) is 0 Å². The minimum atomic E-state index is -1.09. The minimum absolute atomic E-state index is 0.0954. The lowest BCUT2D eigenvalue weighted by molar-refractivity contribution is -0.144. The van der Waals surface area contributed by atoms with Gasteiger partial charge in [0.2, 0.25) is 17.6 Å². The normalized spacial score (nSPS) is 25.8. The van der Waals surface area contributed by atoms with E-state index in [0.29, 0.717) is 24.9 Å². The summed E-state index contributed by atoms with van der Waals surface area (Å²) < 4.78 is 0. The molecule has 4 fully saturated rings. The second-order valence-corrected chi connectivity index (χ2v) is 14.4. The SMILES string of the molecule is CC(C)[C@H](NC(=O)N[C@H](C(=O)N1C[C@H]2[C@@H]([C@H]1C(=O)NC(C(=O)C(N)=O)C1CC1)C2(C)C)C1CCCCC1)C(=O)c1ccccc1. The molecule has 3 saturated carbocycles. The monoisotopic (exact) mass is 621 g/mol. The molecule has 0 aromatic heterocycles. The van der Waals surface area contributed by atoms with E-state index in [2.05, 4.69) is 29.8 Å². The quantitative estimate of drug-likeness (QED) is 0.207. The number of likely N-dealkylation sites (tertiary alicyclic amines) is 1. The average Bonchev–Trinajstić information content (AvgIpc) is 3.90. The number of nitrogens with two attached hydrogens (primary N) is 1. The third-order valence-corrected chi connectivity index (χ3v) is 10.6. The topological polar surface area (TPSA) is 168 Å². The predicted molar refractivity (Wildman–Crippen MR) is 167 cm³/mol. The van der Waals surface area contributed by atoms with E-state index in [0.717, 1.165) is 32.1 Å². The number of carbonyl (C=O) groups is 6. The van der Waals surface area contributed by atoms with Crippen LogP contribution in [0.25, 0.3) is 0 Å². The van der Waals surface area contributed by atoms with Crippen LogP contribution in [0.15, 0.2) is 30.3 Å². The molecule has 1 unspecified atom stereocenters. The summed E-state index contributed by atoms with van der Waals surface area (Å²) in [6.45, 7) is 8.21. The number of nitrogens with one attached hydrogen (secondary N) is 3. The van der Waals surface area contributed by atoms with Crippen molar-refractivity contribution in [2.75, 3.05) is 6.54 Å². The first-order valence-electron chi connectivity index (χ1n) is 16.4. The van der Waals surface area contributed by atoms with Crippen LogP contribution in [-0.4, -0.2) is 70.9 Å². The highest BCUT2D eigenvalue weighted by Gasteiger charge is 2.70. The van der Waals surface area contributed by atoms with Gasteiger partial charge in [-0.2, -0.15) is 0 Å². The number of nitrogens with zero attached hydrogens (tertiary/aromatic N) is 1. The number of piperidine rings is 1. The zero-order chi connectivity index (χ0) is 32.6. The fraction of sp³-hybridized carbons (Fsp3) is 0.647. The third-order valence-electron chi connectivity index (χ3n) is 10.6. The number of benzene rings is 1. The zero-order valence-electron chi connectivity index (χ0n) is 26.7. The van der Waals surface area contributed by atoms with Crippen molar-refractivity contribution in [3.63, 3.8) is 0 Å². The molecule has 11 heteroatoms. The van der Waals surface area contributed by atoms with Crippen LogP contribution in [0.4, 0.5) is 4.79 Å². The second kappa shape index (κ2) is 12.9. The summed E-state index contributed by atoms with van der Waals surface area (Å²) in [6.07, 6.45) is 5.84. The van der Waals surface area contributed by atoms with Crippen molar-refractivity contribution in [1.29, 1.82) is 0 Å². The highest BCUT2D eigenvalue weighted by Crippen LogP contribution is 2.65. The number of carbonyl (C=O) groups excluding carboxylic acids is 6. The Kier molecular flexibility index (Phi) is 9.37. The number of hydrogen-bond donors (Lipinski definition) is 4. The molecular formula is C34H47N5O6. The molecule has 5 amide bonds. The van der Waals surface area contributed by atoms with E-state index >= 15 is 0 Å². The Hall–Kier alpha value is -3.76. The van der Waals surface area contributed by atoms with Crippen LogP contribution in [-0.2, 0) is 19.2 Å². The molecule has 6 atom stereocenters. The van der Waals surface area contributed by atoms with E-state index < -0.39 is 47.8 Å². The molecule has 1 saturated heterocycles. The smallest absolute Gasteiger partial charge is 0.316 e. The van der Waals surface area contributed by atoms with E-state index in [1.54, 1.807) is 29.2 Å². The maximum absolute atomic E-state index is 14.4. The van der Waals surface area contributed by atoms with Gasteiger partial charge < -0.3 is 26.6 Å². The molecule has 1 aliphatic heterocycles. The van der Waals surface area contributed by atoms with E-state index in [-0.39, 0.29) is 46.7 Å². The Bertz CT molecular complexity index is 1340. The van der Waals surface area contributed by atoms with Gasteiger partial charge in [0.1, 0.15) is 18.1 Å². The number of rotatable bonds is 12. The van der Waals surface area contributed by atoms with Crippen LogP contribution < -0.4 is 21.7 Å². The predicted octanol–water partition coefficient (Wildman–Crippen LogP) is 2.57. The molecule has 0 radical (unpaired) electrons. The van der Waals surface area contributed by atoms with Crippen molar-refractivity contribution in [2.45, 2.75) is 96.8 Å². The van der Waals surface area contributed by atoms with Gasteiger partial charge >= 0.3 is 6.03 Å². The zero-order valence-corrected chi connectivity index (χ0v) is 26.7. The van der Waals surface area contributed by atoms with Crippen molar-refractivity contribution < 1.29 is 28.8 Å². The summed E-state index contributed by atoms with van der Waals surface area (Å²) in [4.78, 5) is 80.9. The van der Waals surface area contributed by atoms with Crippen molar-refractivity contribution >= 4 is 35.3 Å². The molecule has 0 spiro atoms. The largest absolute Gasteiger partial charge is 0.363 e. The molecule has 11 nitrogen and oxygen atoms in total. The van der Waals surface area contributed by atoms with Crippen molar-refractivity contribution in [2.24, 2.45) is 40.7 Å². The standard InChI is InChI=1S/C34H47N5O6/c1-18(2)24(28(40)21-13-9-6-10-14-21)37-33(45)38-26(19-11-7-5-8-12-19)32(44)39-17-22-23(34(22,3)4)27(39)31(43)36-25(20-15-16-20)29(41)30(35)42/h6,9-10,13-14,18-20,22-27H,5,7-8,11-12,15-17H2,1-4H3,(H2,35,42)(H,36,43)(H2,37,38,45)/t22-,23-,24-,25?,26-,27-/m0/s1.